The molecule has 1 aliphatic heterocycles. The average Bonchev–Trinajstić information content (AvgIpc) is 2.77. The molecule has 0 bridgehead atoms. The highest BCUT2D eigenvalue weighted by atomic mass is 35.5. The molecule has 0 saturated carbocycles. The summed E-state index contributed by atoms with van der Waals surface area (Å²) in [7, 11) is 1.65. The molecular weight excluding hydrogens is 435 g/mol. The topological polar surface area (TPSA) is 86.8 Å². The number of aryl methyl sites for hydroxylation is 1. The number of anilines is 2. The van der Waals surface area contributed by atoms with Crippen LogP contribution in [0.4, 0.5) is 11.5 Å². The highest BCUT2D eigenvalue weighted by molar-refractivity contribution is 6.30. The van der Waals surface area contributed by atoms with Gasteiger partial charge in [0.05, 0.1) is 16.2 Å². The van der Waals surface area contributed by atoms with Gasteiger partial charge in [-0.2, -0.15) is 5.26 Å². The van der Waals surface area contributed by atoms with Crippen LogP contribution in [0.5, 0.6) is 0 Å². The van der Waals surface area contributed by atoms with Gasteiger partial charge in [-0.25, -0.2) is 9.97 Å². The molecule has 1 N–H and O–H groups in total. The number of aromatic nitrogens is 3. The molecule has 1 unspecified atom stereocenters. The smallest absolute Gasteiger partial charge is 0.270 e. The summed E-state index contributed by atoms with van der Waals surface area (Å²) in [5, 5.41) is 14.0. The van der Waals surface area contributed by atoms with Gasteiger partial charge in [0.15, 0.2) is 0 Å². The summed E-state index contributed by atoms with van der Waals surface area (Å²) in [5.74, 6) is 1.21. The number of hydrogen-bond acceptors (Lipinski definition) is 6. The second-order valence-corrected chi connectivity index (χ2v) is 8.56. The summed E-state index contributed by atoms with van der Waals surface area (Å²) < 4.78 is 1.46. The minimum Gasteiger partial charge on any atom is -0.370 e. The van der Waals surface area contributed by atoms with E-state index in [0.29, 0.717) is 32.8 Å². The highest BCUT2D eigenvalue weighted by Gasteiger charge is 2.26. The lowest BCUT2D eigenvalue weighted by Crippen LogP contribution is -2.38. The molecule has 7 nitrogen and oxygen atoms in total. The first-order valence-electron chi connectivity index (χ1n) is 10.2. The fraction of sp³-hybridized carbons (Fsp3) is 0.364. The molecule has 0 amide bonds. The van der Waals surface area contributed by atoms with E-state index in [1.54, 1.807) is 25.4 Å². The normalized spacial score (nSPS) is 16.3. The van der Waals surface area contributed by atoms with Crippen molar-refractivity contribution in [2.75, 3.05) is 29.9 Å². The van der Waals surface area contributed by atoms with Crippen molar-refractivity contribution in [3.05, 3.63) is 56.6 Å². The Hall–Kier alpha value is -2.82. The van der Waals surface area contributed by atoms with E-state index >= 15 is 0 Å². The van der Waals surface area contributed by atoms with Crippen LogP contribution in [0.1, 0.15) is 24.8 Å². The van der Waals surface area contributed by atoms with Crippen molar-refractivity contribution in [3.8, 4) is 6.07 Å². The largest absolute Gasteiger partial charge is 0.370 e. The Morgan fingerprint density at radius 1 is 1.29 bits per heavy atom. The van der Waals surface area contributed by atoms with Crippen molar-refractivity contribution in [3.63, 3.8) is 0 Å². The Morgan fingerprint density at radius 2 is 2.13 bits per heavy atom. The zero-order chi connectivity index (χ0) is 22.0. The van der Waals surface area contributed by atoms with E-state index < -0.39 is 0 Å². The molecule has 1 fully saturated rings. The zero-order valence-corrected chi connectivity index (χ0v) is 18.6. The first-order valence-corrected chi connectivity index (χ1v) is 10.9. The van der Waals surface area contributed by atoms with Gasteiger partial charge in [-0.05, 0) is 49.4 Å². The van der Waals surface area contributed by atoms with E-state index in [1.807, 2.05) is 12.1 Å². The maximum Gasteiger partial charge on any atom is 0.270 e. The van der Waals surface area contributed by atoms with Crippen LogP contribution in [0.2, 0.25) is 10.2 Å². The lowest BCUT2D eigenvalue weighted by atomic mass is 9.93. The molecule has 1 atom stereocenters. The number of nitrogens with one attached hydrogen (secondary N) is 1. The second kappa shape index (κ2) is 9.13. The molecule has 3 aromatic rings. The summed E-state index contributed by atoms with van der Waals surface area (Å²) in [6.07, 6.45) is 4.63. The molecule has 3 aromatic heterocycles. The first kappa shape index (κ1) is 21.4. The van der Waals surface area contributed by atoms with Gasteiger partial charge in [0.25, 0.3) is 5.56 Å². The van der Waals surface area contributed by atoms with E-state index in [-0.39, 0.29) is 11.1 Å². The molecule has 4 heterocycles. The Morgan fingerprint density at radius 3 is 2.87 bits per heavy atom. The van der Waals surface area contributed by atoms with Crippen molar-refractivity contribution in [1.82, 2.24) is 14.5 Å². The number of rotatable bonds is 5. The summed E-state index contributed by atoms with van der Waals surface area (Å²) in [6, 6.07) is 9.21. The third-order valence-corrected chi connectivity index (χ3v) is 6.15. The van der Waals surface area contributed by atoms with Crippen LogP contribution in [0.15, 0.2) is 35.3 Å². The van der Waals surface area contributed by atoms with E-state index in [1.165, 1.54) is 4.57 Å². The molecule has 160 valence electrons. The third-order valence-electron chi connectivity index (χ3n) is 5.71. The van der Waals surface area contributed by atoms with E-state index in [9.17, 15) is 10.1 Å². The Balaban J connectivity index is 1.57. The van der Waals surface area contributed by atoms with Crippen LogP contribution in [0, 0.1) is 17.2 Å². The number of nitriles is 1. The number of hydrogen-bond donors (Lipinski definition) is 1. The van der Waals surface area contributed by atoms with Crippen LogP contribution >= 0.6 is 23.2 Å². The van der Waals surface area contributed by atoms with Gasteiger partial charge in [0, 0.05) is 32.9 Å². The van der Waals surface area contributed by atoms with E-state index in [0.717, 1.165) is 44.7 Å². The minimum absolute atomic E-state index is 0.119. The minimum atomic E-state index is -0.313. The molecule has 1 aliphatic rings. The summed E-state index contributed by atoms with van der Waals surface area (Å²) in [6.45, 7) is 2.30. The Kier molecular flexibility index (Phi) is 6.30. The zero-order valence-electron chi connectivity index (χ0n) is 17.1. The van der Waals surface area contributed by atoms with Gasteiger partial charge in [-0.3, -0.25) is 4.79 Å². The van der Waals surface area contributed by atoms with Crippen LogP contribution in [0.25, 0.3) is 11.0 Å². The lowest BCUT2D eigenvalue weighted by molar-refractivity contribution is 0.399. The number of nitrogens with zero attached hydrogens (tertiary/aromatic N) is 5. The molecule has 31 heavy (non-hydrogen) atoms. The van der Waals surface area contributed by atoms with Crippen molar-refractivity contribution in [2.24, 2.45) is 13.0 Å². The fourth-order valence-electron chi connectivity index (χ4n) is 4.17. The standard InChI is InChI=1S/C22H22Cl2N6O/c1-29-17-5-6-18(24)28-20(17)21(16(11-25)22(29)31)30-10-2-3-14(13-30)8-9-26-19-7-4-15(23)12-27-19/h4-7,12,14H,2-3,8-10,13H2,1H3,(H,26,27). The second-order valence-electron chi connectivity index (χ2n) is 7.73. The Bertz CT molecular complexity index is 1200. The number of piperidine rings is 1. The first-order chi connectivity index (χ1) is 15.0. The van der Waals surface area contributed by atoms with Gasteiger partial charge in [0.1, 0.15) is 28.1 Å². The summed E-state index contributed by atoms with van der Waals surface area (Å²) >= 11 is 12.0. The highest BCUT2D eigenvalue weighted by Crippen LogP contribution is 2.32. The average molecular weight is 457 g/mol. The van der Waals surface area contributed by atoms with Crippen molar-refractivity contribution in [1.29, 1.82) is 5.26 Å². The molecule has 0 aliphatic carbocycles. The quantitative estimate of drug-likeness (QED) is 0.578. The van der Waals surface area contributed by atoms with Crippen LogP contribution in [-0.2, 0) is 7.05 Å². The summed E-state index contributed by atoms with van der Waals surface area (Å²) in [5.41, 5.74) is 1.66. The lowest BCUT2D eigenvalue weighted by Gasteiger charge is -2.35. The predicted octanol–water partition coefficient (Wildman–Crippen LogP) is 4.23. The predicted molar refractivity (Wildman–Crippen MR) is 124 cm³/mol. The molecule has 9 heteroatoms. The van der Waals surface area contributed by atoms with Gasteiger partial charge < -0.3 is 14.8 Å². The molecule has 0 radical (unpaired) electrons. The van der Waals surface area contributed by atoms with Crippen LogP contribution in [0.3, 0.4) is 0 Å². The van der Waals surface area contributed by atoms with Crippen molar-refractivity contribution >= 4 is 45.7 Å². The van der Waals surface area contributed by atoms with Gasteiger partial charge in [-0.1, -0.05) is 23.2 Å². The monoisotopic (exact) mass is 456 g/mol. The summed E-state index contributed by atoms with van der Waals surface area (Å²) in [4.78, 5) is 23.7. The number of fused-ring (bicyclic) bond motifs is 1. The van der Waals surface area contributed by atoms with Crippen molar-refractivity contribution in [2.45, 2.75) is 19.3 Å². The Labute approximate surface area is 190 Å². The number of pyridine rings is 3. The van der Waals surface area contributed by atoms with Gasteiger partial charge >= 0.3 is 0 Å². The molecule has 0 spiro atoms. The third kappa shape index (κ3) is 4.46. The van der Waals surface area contributed by atoms with Gasteiger partial charge in [-0.15, -0.1) is 0 Å². The fourth-order valence-corrected chi connectivity index (χ4v) is 4.43. The SMILES string of the molecule is Cn1c(=O)c(C#N)c(N2CCCC(CCNc3ccc(Cl)cn3)C2)c2nc(Cl)ccc21. The molecule has 4 rings (SSSR count). The molecule has 0 aromatic carbocycles. The number of halogens is 2. The molecule has 1 saturated heterocycles. The maximum absolute atomic E-state index is 12.8. The van der Waals surface area contributed by atoms with Gasteiger partial charge in [0.2, 0.25) is 0 Å². The van der Waals surface area contributed by atoms with Crippen molar-refractivity contribution < 1.29 is 0 Å². The van der Waals surface area contributed by atoms with E-state index in [2.05, 4.69) is 26.3 Å². The maximum atomic E-state index is 12.8. The van der Waals surface area contributed by atoms with Crippen LogP contribution < -0.4 is 15.8 Å². The molecular formula is C22H22Cl2N6O. The van der Waals surface area contributed by atoms with E-state index in [4.69, 9.17) is 23.2 Å². The van der Waals surface area contributed by atoms with Crippen LogP contribution in [-0.4, -0.2) is 34.2 Å².